The summed E-state index contributed by atoms with van der Waals surface area (Å²) in [6, 6.07) is 4.63. The zero-order valence-corrected chi connectivity index (χ0v) is 14.9. The van der Waals surface area contributed by atoms with E-state index in [1.165, 1.54) is 24.8 Å². The lowest BCUT2D eigenvalue weighted by Gasteiger charge is -2.36. The van der Waals surface area contributed by atoms with E-state index in [2.05, 4.69) is 12.2 Å². The summed E-state index contributed by atoms with van der Waals surface area (Å²) < 4.78 is 10.8. The summed E-state index contributed by atoms with van der Waals surface area (Å²) in [5.74, 6) is 1.47. The van der Waals surface area contributed by atoms with Crippen molar-refractivity contribution in [1.82, 2.24) is 10.2 Å². The molecule has 1 N–H and O–H groups in total. The van der Waals surface area contributed by atoms with E-state index in [0.717, 1.165) is 36.3 Å². The van der Waals surface area contributed by atoms with E-state index >= 15 is 0 Å². The highest BCUT2D eigenvalue weighted by Gasteiger charge is 2.29. The highest BCUT2D eigenvalue weighted by atomic mass is 16.5. The fraction of sp³-hybridized carbons (Fsp3) is 0.632. The molecule has 2 aliphatic rings. The molecule has 0 saturated heterocycles. The van der Waals surface area contributed by atoms with Crippen LogP contribution in [0, 0.1) is 0 Å². The Balaban J connectivity index is 1.74. The van der Waals surface area contributed by atoms with Crippen molar-refractivity contribution in [2.75, 3.05) is 14.2 Å². The Morgan fingerprint density at radius 3 is 2.33 bits per heavy atom. The Hall–Kier alpha value is -1.91. The van der Waals surface area contributed by atoms with Crippen molar-refractivity contribution in [3.63, 3.8) is 0 Å². The molecule has 1 aromatic rings. The lowest BCUT2D eigenvalue weighted by atomic mass is 9.93. The van der Waals surface area contributed by atoms with E-state index in [1.807, 2.05) is 17.0 Å². The number of hydrogen-bond acceptors (Lipinski definition) is 3. The van der Waals surface area contributed by atoms with Gasteiger partial charge in [-0.05, 0) is 49.4 Å². The van der Waals surface area contributed by atoms with Gasteiger partial charge >= 0.3 is 6.03 Å². The summed E-state index contributed by atoms with van der Waals surface area (Å²) >= 11 is 0. The van der Waals surface area contributed by atoms with Gasteiger partial charge in [-0.15, -0.1) is 0 Å². The van der Waals surface area contributed by atoms with E-state index in [-0.39, 0.29) is 12.1 Å². The Bertz CT molecular complexity index is 597. The second kappa shape index (κ2) is 7.32. The van der Waals surface area contributed by atoms with Crippen LogP contribution in [0.5, 0.6) is 11.5 Å². The fourth-order valence-corrected chi connectivity index (χ4v) is 3.84. The Morgan fingerprint density at radius 1 is 1.08 bits per heavy atom. The van der Waals surface area contributed by atoms with Gasteiger partial charge in [0.25, 0.3) is 0 Å². The van der Waals surface area contributed by atoms with Crippen LogP contribution in [0.15, 0.2) is 12.1 Å². The maximum atomic E-state index is 12.7. The Morgan fingerprint density at radius 2 is 1.71 bits per heavy atom. The molecule has 3 rings (SSSR count). The largest absolute Gasteiger partial charge is 0.493 e. The summed E-state index contributed by atoms with van der Waals surface area (Å²) in [4.78, 5) is 14.7. The number of carbonyl (C=O) groups excluding carboxylic acids is 1. The number of carbonyl (C=O) groups is 1. The molecule has 1 aromatic carbocycles. The van der Waals surface area contributed by atoms with Crippen molar-refractivity contribution < 1.29 is 14.3 Å². The zero-order valence-electron chi connectivity index (χ0n) is 14.9. The van der Waals surface area contributed by atoms with E-state index in [1.54, 1.807) is 14.2 Å². The van der Waals surface area contributed by atoms with Gasteiger partial charge in [-0.3, -0.25) is 0 Å². The summed E-state index contributed by atoms with van der Waals surface area (Å²) in [5, 5.41) is 3.23. The quantitative estimate of drug-likeness (QED) is 0.922. The van der Waals surface area contributed by atoms with Gasteiger partial charge in [0, 0.05) is 18.6 Å². The van der Waals surface area contributed by atoms with Gasteiger partial charge in [-0.1, -0.05) is 19.3 Å². The average Bonchev–Trinajstić information content (AvgIpc) is 2.60. The number of ether oxygens (including phenoxy) is 2. The number of urea groups is 1. The van der Waals surface area contributed by atoms with E-state index in [4.69, 9.17) is 9.47 Å². The topological polar surface area (TPSA) is 50.8 Å². The third-order valence-corrected chi connectivity index (χ3v) is 5.29. The van der Waals surface area contributed by atoms with Crippen LogP contribution in [0.3, 0.4) is 0 Å². The molecule has 2 amide bonds. The van der Waals surface area contributed by atoms with Gasteiger partial charge in [0.2, 0.25) is 0 Å². The monoisotopic (exact) mass is 332 g/mol. The third kappa shape index (κ3) is 3.45. The van der Waals surface area contributed by atoms with E-state index < -0.39 is 0 Å². The molecule has 24 heavy (non-hydrogen) atoms. The minimum atomic E-state index is 0.0647. The Labute approximate surface area is 144 Å². The summed E-state index contributed by atoms with van der Waals surface area (Å²) in [6.45, 7) is 2.73. The molecule has 1 aliphatic carbocycles. The van der Waals surface area contributed by atoms with Crippen LogP contribution in [0.4, 0.5) is 4.79 Å². The number of rotatable bonds is 3. The highest BCUT2D eigenvalue weighted by Crippen LogP contribution is 2.34. The normalized spacial score (nSPS) is 21.1. The molecule has 1 aliphatic heterocycles. The third-order valence-electron chi connectivity index (χ3n) is 5.29. The number of methoxy groups -OCH3 is 2. The average molecular weight is 332 g/mol. The number of fused-ring (bicyclic) bond motifs is 1. The number of nitrogens with zero attached hydrogens (tertiary/aromatic N) is 1. The van der Waals surface area contributed by atoms with Crippen molar-refractivity contribution in [2.45, 2.75) is 64.1 Å². The molecule has 1 unspecified atom stereocenters. The van der Waals surface area contributed by atoms with Crippen LogP contribution < -0.4 is 14.8 Å². The molecular formula is C19H28N2O3. The van der Waals surface area contributed by atoms with Crippen LogP contribution >= 0.6 is 0 Å². The first-order valence-corrected chi connectivity index (χ1v) is 8.93. The molecule has 5 nitrogen and oxygen atoms in total. The molecule has 5 heteroatoms. The summed E-state index contributed by atoms with van der Waals surface area (Å²) in [7, 11) is 3.30. The van der Waals surface area contributed by atoms with Gasteiger partial charge in [0.15, 0.2) is 11.5 Å². The number of hydrogen-bond donors (Lipinski definition) is 1. The molecule has 0 bridgehead atoms. The predicted molar refractivity (Wildman–Crippen MR) is 93.7 cm³/mol. The minimum absolute atomic E-state index is 0.0647. The standard InChI is InChI=1S/C19H28N2O3/c1-13-9-14-10-17(23-2)18(24-3)11-15(14)12-21(13)19(22)20-16-7-5-4-6-8-16/h10-11,13,16H,4-9,12H2,1-3H3,(H,20,22). The predicted octanol–water partition coefficient (Wildman–Crippen LogP) is 3.49. The van der Waals surface area contributed by atoms with Crippen LogP contribution in [-0.2, 0) is 13.0 Å². The van der Waals surface area contributed by atoms with Gasteiger partial charge in [0.05, 0.1) is 14.2 Å². The van der Waals surface area contributed by atoms with Gasteiger partial charge in [-0.25, -0.2) is 4.79 Å². The number of amides is 2. The first-order valence-electron chi connectivity index (χ1n) is 8.93. The van der Waals surface area contributed by atoms with Crippen molar-refractivity contribution in [3.05, 3.63) is 23.3 Å². The second-order valence-electron chi connectivity index (χ2n) is 6.94. The van der Waals surface area contributed by atoms with Gasteiger partial charge in [-0.2, -0.15) is 0 Å². The lowest BCUT2D eigenvalue weighted by molar-refractivity contribution is 0.162. The fourth-order valence-electron chi connectivity index (χ4n) is 3.84. The highest BCUT2D eigenvalue weighted by molar-refractivity contribution is 5.75. The first kappa shape index (κ1) is 16.9. The second-order valence-corrected chi connectivity index (χ2v) is 6.94. The first-order chi connectivity index (χ1) is 11.6. The van der Waals surface area contributed by atoms with Crippen LogP contribution in [0.1, 0.15) is 50.2 Å². The van der Waals surface area contributed by atoms with Crippen LogP contribution in [0.2, 0.25) is 0 Å². The molecule has 132 valence electrons. The van der Waals surface area contributed by atoms with Gasteiger partial charge < -0.3 is 19.7 Å². The number of benzene rings is 1. The van der Waals surface area contributed by atoms with Crippen LogP contribution in [-0.4, -0.2) is 37.2 Å². The van der Waals surface area contributed by atoms with E-state index in [9.17, 15) is 4.79 Å². The zero-order chi connectivity index (χ0) is 17.1. The molecule has 0 radical (unpaired) electrons. The van der Waals surface area contributed by atoms with Crippen molar-refractivity contribution >= 4 is 6.03 Å². The summed E-state index contributed by atoms with van der Waals surface area (Å²) in [5.41, 5.74) is 2.38. The minimum Gasteiger partial charge on any atom is -0.493 e. The van der Waals surface area contributed by atoms with Crippen molar-refractivity contribution in [2.24, 2.45) is 0 Å². The molecule has 1 atom stereocenters. The molecule has 1 heterocycles. The maximum Gasteiger partial charge on any atom is 0.318 e. The molecule has 0 spiro atoms. The SMILES string of the molecule is COc1cc2c(cc1OC)CN(C(=O)NC1CCCCC1)C(C)C2. The maximum absolute atomic E-state index is 12.7. The summed E-state index contributed by atoms with van der Waals surface area (Å²) in [6.07, 6.45) is 6.79. The van der Waals surface area contributed by atoms with Gasteiger partial charge in [0.1, 0.15) is 0 Å². The number of nitrogens with one attached hydrogen (secondary N) is 1. The van der Waals surface area contributed by atoms with Crippen molar-refractivity contribution in [1.29, 1.82) is 0 Å². The molecule has 1 saturated carbocycles. The van der Waals surface area contributed by atoms with E-state index in [0.29, 0.717) is 12.6 Å². The van der Waals surface area contributed by atoms with Crippen molar-refractivity contribution in [3.8, 4) is 11.5 Å². The molecule has 1 fully saturated rings. The molecule has 0 aromatic heterocycles. The smallest absolute Gasteiger partial charge is 0.318 e. The Kier molecular flexibility index (Phi) is 5.17. The van der Waals surface area contributed by atoms with Crippen LogP contribution in [0.25, 0.3) is 0 Å². The molecular weight excluding hydrogens is 304 g/mol. The lowest BCUT2D eigenvalue weighted by Crippen LogP contribution is -2.50.